The van der Waals surface area contributed by atoms with Crippen molar-refractivity contribution >= 4 is 27.5 Å². The van der Waals surface area contributed by atoms with E-state index in [1.54, 1.807) is 0 Å². The van der Waals surface area contributed by atoms with Crippen LogP contribution in [0.5, 0.6) is 0 Å². The second kappa shape index (κ2) is 14.5. The molecule has 0 saturated carbocycles. The molecule has 0 aliphatic rings. The van der Waals surface area contributed by atoms with Gasteiger partial charge in [-0.3, -0.25) is 0 Å². The van der Waals surface area contributed by atoms with E-state index in [0.29, 0.717) is 5.88 Å². The molecule has 0 aromatic carbocycles. The number of hydrogen-bond acceptors (Lipinski definition) is 0. The van der Waals surface area contributed by atoms with E-state index in [-0.39, 0.29) is 0 Å². The van der Waals surface area contributed by atoms with E-state index in [1.807, 2.05) is 6.08 Å². The first-order valence-corrected chi connectivity index (χ1v) is 7.84. The van der Waals surface area contributed by atoms with Crippen LogP contribution in [0.1, 0.15) is 57.8 Å². The van der Waals surface area contributed by atoms with Gasteiger partial charge in [-0.2, -0.15) is 0 Å². The second-order valence-corrected chi connectivity index (χ2v) is 5.03. The minimum Gasteiger partial charge on any atom is -0.122 e. The van der Waals surface area contributed by atoms with Crippen LogP contribution in [0.15, 0.2) is 12.2 Å². The molecular weight excluding hydrogens is 271 g/mol. The Morgan fingerprint density at radius 1 is 0.733 bits per heavy atom. The first-order valence-electron chi connectivity index (χ1n) is 6.18. The summed E-state index contributed by atoms with van der Waals surface area (Å²) in [6, 6.07) is 0. The van der Waals surface area contributed by atoms with E-state index in [9.17, 15) is 0 Å². The molecule has 0 aromatic heterocycles. The first-order chi connectivity index (χ1) is 7.41. The molecule has 0 aliphatic heterocycles. The topological polar surface area (TPSA) is 0 Å². The number of hydrogen-bond donors (Lipinski definition) is 0. The van der Waals surface area contributed by atoms with Crippen LogP contribution in [0.2, 0.25) is 0 Å². The Kier molecular flexibility index (Phi) is 15.0. The summed E-state index contributed by atoms with van der Waals surface area (Å²) in [4.78, 5) is 0. The molecule has 0 unspecified atom stereocenters. The summed E-state index contributed by atoms with van der Waals surface area (Å²) in [5.41, 5.74) is 0. The zero-order valence-electron chi connectivity index (χ0n) is 9.69. The Labute approximate surface area is 109 Å². The summed E-state index contributed by atoms with van der Waals surface area (Å²) in [7, 11) is 0. The van der Waals surface area contributed by atoms with Crippen LogP contribution >= 0.6 is 27.5 Å². The van der Waals surface area contributed by atoms with E-state index in [2.05, 4.69) is 22.0 Å². The zero-order chi connectivity index (χ0) is 11.2. The quantitative estimate of drug-likeness (QED) is 0.261. The summed E-state index contributed by atoms with van der Waals surface area (Å²) in [5, 5.41) is 1.17. The van der Waals surface area contributed by atoms with Crippen LogP contribution < -0.4 is 0 Å². The lowest BCUT2D eigenvalue weighted by molar-refractivity contribution is 0.579. The van der Waals surface area contributed by atoms with Gasteiger partial charge in [-0.25, -0.2) is 0 Å². The van der Waals surface area contributed by atoms with Crippen molar-refractivity contribution < 1.29 is 0 Å². The molecule has 0 aromatic rings. The van der Waals surface area contributed by atoms with E-state index in [0.717, 1.165) is 0 Å². The molecular formula is C13H24BrCl. The first kappa shape index (κ1) is 15.5. The summed E-state index contributed by atoms with van der Waals surface area (Å²) in [6.07, 6.45) is 16.5. The van der Waals surface area contributed by atoms with Crippen molar-refractivity contribution in [2.75, 3.05) is 11.2 Å². The molecule has 0 atom stereocenters. The fraction of sp³-hybridized carbons (Fsp3) is 0.846. The smallest absolute Gasteiger partial charge is 0.0404 e. The van der Waals surface area contributed by atoms with Crippen molar-refractivity contribution in [2.45, 2.75) is 57.8 Å². The molecule has 0 rings (SSSR count). The lowest BCUT2D eigenvalue weighted by Gasteiger charge is -2.00. The largest absolute Gasteiger partial charge is 0.122 e. The van der Waals surface area contributed by atoms with Crippen LogP contribution in [0.25, 0.3) is 0 Å². The fourth-order valence-corrected chi connectivity index (χ4v) is 2.12. The summed E-state index contributed by atoms with van der Waals surface area (Å²) < 4.78 is 0. The number of alkyl halides is 2. The Hall–Kier alpha value is 0.510. The highest BCUT2D eigenvalue weighted by Crippen LogP contribution is 2.10. The van der Waals surface area contributed by atoms with Crippen LogP contribution in [-0.2, 0) is 0 Å². The zero-order valence-corrected chi connectivity index (χ0v) is 12.0. The lowest BCUT2D eigenvalue weighted by atomic mass is 10.1. The molecule has 15 heavy (non-hydrogen) atoms. The highest BCUT2D eigenvalue weighted by atomic mass is 79.9. The average Bonchev–Trinajstić information content (AvgIpc) is 2.26. The van der Waals surface area contributed by atoms with Crippen molar-refractivity contribution in [3.63, 3.8) is 0 Å². The molecule has 0 heterocycles. The van der Waals surface area contributed by atoms with E-state index in [4.69, 9.17) is 11.6 Å². The molecule has 0 amide bonds. The molecule has 0 saturated heterocycles. The standard InChI is InChI=1S/C13H24BrCl/c14-12-10-8-6-4-2-1-3-5-7-9-11-13-15/h9,11H,1-8,10,12-13H2. The Balaban J connectivity index is 2.89. The summed E-state index contributed by atoms with van der Waals surface area (Å²) >= 11 is 8.99. The molecule has 0 nitrogen and oxygen atoms in total. The number of rotatable bonds is 11. The normalized spacial score (nSPS) is 11.3. The van der Waals surface area contributed by atoms with E-state index >= 15 is 0 Å². The Morgan fingerprint density at radius 3 is 1.80 bits per heavy atom. The van der Waals surface area contributed by atoms with Crippen LogP contribution in [0, 0.1) is 0 Å². The van der Waals surface area contributed by atoms with E-state index in [1.165, 1.54) is 63.1 Å². The van der Waals surface area contributed by atoms with Gasteiger partial charge in [-0.05, 0) is 19.3 Å². The SMILES string of the molecule is ClCC=CCCCCCCCCCCBr. The Morgan fingerprint density at radius 2 is 1.27 bits per heavy atom. The third-order valence-electron chi connectivity index (χ3n) is 2.51. The minimum absolute atomic E-state index is 0.660. The molecule has 0 fully saturated rings. The van der Waals surface area contributed by atoms with Crippen molar-refractivity contribution in [1.29, 1.82) is 0 Å². The maximum absolute atomic E-state index is 5.53. The van der Waals surface area contributed by atoms with Crippen LogP contribution in [-0.4, -0.2) is 11.2 Å². The molecule has 90 valence electrons. The van der Waals surface area contributed by atoms with Gasteiger partial charge >= 0.3 is 0 Å². The maximum Gasteiger partial charge on any atom is 0.0404 e. The van der Waals surface area contributed by atoms with Gasteiger partial charge in [0.25, 0.3) is 0 Å². The van der Waals surface area contributed by atoms with Gasteiger partial charge in [-0.1, -0.05) is 66.6 Å². The lowest BCUT2D eigenvalue weighted by Crippen LogP contribution is -1.81. The number of unbranched alkanes of at least 4 members (excludes halogenated alkanes) is 8. The van der Waals surface area contributed by atoms with Crippen LogP contribution in [0.3, 0.4) is 0 Å². The molecule has 0 spiro atoms. The molecule has 0 bridgehead atoms. The van der Waals surface area contributed by atoms with Crippen LogP contribution in [0.4, 0.5) is 0 Å². The number of halogens is 2. The van der Waals surface area contributed by atoms with Gasteiger partial charge < -0.3 is 0 Å². The van der Waals surface area contributed by atoms with Crippen molar-refractivity contribution in [3.8, 4) is 0 Å². The third-order valence-corrected chi connectivity index (χ3v) is 3.25. The molecule has 0 N–H and O–H groups in total. The molecule has 0 aliphatic carbocycles. The summed E-state index contributed by atoms with van der Waals surface area (Å²) in [5.74, 6) is 0.660. The highest BCUT2D eigenvalue weighted by Gasteiger charge is 1.91. The number of allylic oxidation sites excluding steroid dienone is 2. The maximum atomic E-state index is 5.53. The van der Waals surface area contributed by atoms with Gasteiger partial charge in [-0.15, -0.1) is 11.6 Å². The van der Waals surface area contributed by atoms with Gasteiger partial charge in [0.15, 0.2) is 0 Å². The van der Waals surface area contributed by atoms with Crippen molar-refractivity contribution in [3.05, 3.63) is 12.2 Å². The summed E-state index contributed by atoms with van der Waals surface area (Å²) in [6.45, 7) is 0. The van der Waals surface area contributed by atoms with Gasteiger partial charge in [0.05, 0.1) is 0 Å². The second-order valence-electron chi connectivity index (χ2n) is 3.93. The van der Waals surface area contributed by atoms with Gasteiger partial charge in [0.2, 0.25) is 0 Å². The predicted molar refractivity (Wildman–Crippen MR) is 75.2 cm³/mol. The fourth-order valence-electron chi connectivity index (χ4n) is 1.60. The Bertz CT molecular complexity index is 134. The van der Waals surface area contributed by atoms with Gasteiger partial charge in [0, 0.05) is 11.2 Å². The van der Waals surface area contributed by atoms with Gasteiger partial charge in [0.1, 0.15) is 0 Å². The highest BCUT2D eigenvalue weighted by molar-refractivity contribution is 9.09. The predicted octanol–water partition coefficient (Wildman–Crippen LogP) is 5.69. The molecule has 2 heteroatoms. The molecule has 0 radical (unpaired) electrons. The minimum atomic E-state index is 0.660. The third kappa shape index (κ3) is 14.5. The monoisotopic (exact) mass is 294 g/mol. The van der Waals surface area contributed by atoms with Crippen molar-refractivity contribution in [2.24, 2.45) is 0 Å². The average molecular weight is 296 g/mol. The van der Waals surface area contributed by atoms with E-state index < -0.39 is 0 Å². The van der Waals surface area contributed by atoms with Crippen molar-refractivity contribution in [1.82, 2.24) is 0 Å².